The van der Waals surface area contributed by atoms with Gasteiger partial charge in [0, 0.05) is 17.9 Å². The molecule has 0 bridgehead atoms. The molecule has 2 rings (SSSR count). The highest BCUT2D eigenvalue weighted by molar-refractivity contribution is 6.30. The summed E-state index contributed by atoms with van der Waals surface area (Å²) >= 11 is 5.99. The van der Waals surface area contributed by atoms with Crippen molar-refractivity contribution < 1.29 is 10.4 Å². The Morgan fingerprint density at radius 1 is 1.05 bits per heavy atom. The minimum Gasteiger partial charge on any atom is -0.508 e. The van der Waals surface area contributed by atoms with Crippen LogP contribution in [-0.2, 0) is 12.8 Å². The fourth-order valence-corrected chi connectivity index (χ4v) is 2.61. The van der Waals surface area contributed by atoms with Gasteiger partial charge < -0.3 is 10.4 Å². The first-order valence-corrected chi connectivity index (χ1v) is 7.87. The fourth-order valence-electron chi connectivity index (χ4n) is 2.40. The smallest absolute Gasteiger partial charge is 0.115 e. The van der Waals surface area contributed by atoms with Crippen molar-refractivity contribution in [2.24, 2.45) is 0 Å². The summed E-state index contributed by atoms with van der Waals surface area (Å²) in [5, 5.41) is 12.5. The van der Waals surface area contributed by atoms with Crippen LogP contribution in [0.5, 0.6) is 5.75 Å². The molecule has 2 aromatic carbocycles. The Bertz CT molecular complexity index is 553. The Labute approximate surface area is 131 Å². The van der Waals surface area contributed by atoms with Gasteiger partial charge in [0.15, 0.2) is 0 Å². The lowest BCUT2D eigenvalue weighted by molar-refractivity contribution is -0.686. The Hall–Kier alpha value is -1.51. The van der Waals surface area contributed by atoms with Crippen LogP contribution in [-0.4, -0.2) is 17.7 Å². The molecule has 0 amide bonds. The van der Waals surface area contributed by atoms with Gasteiger partial charge in [-0.25, -0.2) is 0 Å². The Morgan fingerprint density at radius 3 is 2.52 bits per heavy atom. The third-order valence-corrected chi connectivity index (χ3v) is 3.95. The van der Waals surface area contributed by atoms with E-state index in [1.54, 1.807) is 12.1 Å². The normalized spacial score (nSPS) is 12.3. The molecule has 2 aromatic rings. The fraction of sp³-hybridized carbons (Fsp3) is 0.333. The van der Waals surface area contributed by atoms with Crippen LogP contribution in [0, 0.1) is 0 Å². The van der Waals surface area contributed by atoms with Crippen molar-refractivity contribution in [2.75, 3.05) is 6.54 Å². The van der Waals surface area contributed by atoms with Crippen LogP contribution in [0.15, 0.2) is 48.5 Å². The van der Waals surface area contributed by atoms with Crippen LogP contribution in [0.4, 0.5) is 0 Å². The second kappa shape index (κ2) is 8.06. The molecular formula is C18H23ClNO+. The quantitative estimate of drug-likeness (QED) is 0.810. The van der Waals surface area contributed by atoms with Crippen molar-refractivity contribution in [1.29, 1.82) is 0 Å². The molecule has 2 nitrogen and oxygen atoms in total. The van der Waals surface area contributed by atoms with E-state index >= 15 is 0 Å². The number of aromatic hydroxyl groups is 1. The molecule has 0 aliphatic heterocycles. The largest absolute Gasteiger partial charge is 0.508 e. The van der Waals surface area contributed by atoms with Gasteiger partial charge in [-0.15, -0.1) is 0 Å². The van der Waals surface area contributed by atoms with E-state index in [2.05, 4.69) is 18.3 Å². The van der Waals surface area contributed by atoms with E-state index in [4.69, 9.17) is 11.6 Å². The minimum atomic E-state index is 0.333. The Kier molecular flexibility index (Phi) is 6.09. The number of quaternary nitrogens is 1. The first-order chi connectivity index (χ1) is 10.1. The van der Waals surface area contributed by atoms with E-state index in [0.29, 0.717) is 11.8 Å². The summed E-state index contributed by atoms with van der Waals surface area (Å²) in [5.74, 6) is 0.333. The molecule has 0 saturated heterocycles. The molecule has 0 radical (unpaired) electrons. The lowest BCUT2D eigenvalue weighted by atomic mass is 10.1. The number of hydrogen-bond acceptors (Lipinski definition) is 1. The van der Waals surface area contributed by atoms with Crippen molar-refractivity contribution in [3.8, 4) is 5.75 Å². The van der Waals surface area contributed by atoms with Crippen LogP contribution >= 0.6 is 11.6 Å². The van der Waals surface area contributed by atoms with Gasteiger partial charge in [-0.2, -0.15) is 0 Å². The first kappa shape index (κ1) is 15.9. The van der Waals surface area contributed by atoms with Crippen molar-refractivity contribution in [2.45, 2.75) is 32.2 Å². The maximum absolute atomic E-state index is 9.26. The van der Waals surface area contributed by atoms with E-state index in [1.807, 2.05) is 30.3 Å². The van der Waals surface area contributed by atoms with E-state index < -0.39 is 0 Å². The predicted molar refractivity (Wildman–Crippen MR) is 87.8 cm³/mol. The average Bonchev–Trinajstić information content (AvgIpc) is 2.47. The second-order valence-electron chi connectivity index (χ2n) is 5.59. The molecule has 0 heterocycles. The molecule has 0 saturated carbocycles. The van der Waals surface area contributed by atoms with Crippen LogP contribution in [0.3, 0.4) is 0 Å². The molecule has 21 heavy (non-hydrogen) atoms. The highest BCUT2D eigenvalue weighted by Crippen LogP contribution is 2.12. The molecule has 0 aromatic heterocycles. The van der Waals surface area contributed by atoms with Crippen LogP contribution in [0.1, 0.15) is 24.5 Å². The number of rotatable bonds is 7. The molecule has 112 valence electrons. The monoisotopic (exact) mass is 304 g/mol. The van der Waals surface area contributed by atoms with Crippen LogP contribution in [0.25, 0.3) is 0 Å². The zero-order valence-corrected chi connectivity index (χ0v) is 13.2. The number of phenolic OH excluding ortho intramolecular Hbond substituents is 1. The van der Waals surface area contributed by atoms with Crippen LogP contribution < -0.4 is 5.32 Å². The van der Waals surface area contributed by atoms with Crippen molar-refractivity contribution in [3.63, 3.8) is 0 Å². The molecule has 0 aliphatic carbocycles. The van der Waals surface area contributed by atoms with Crippen molar-refractivity contribution >= 4 is 11.6 Å². The molecular weight excluding hydrogens is 282 g/mol. The SMILES string of the molecule is C[C@@H](CCc1ccc(O)cc1)[NH2+]CCc1cccc(Cl)c1. The van der Waals surface area contributed by atoms with Gasteiger partial charge in [0.05, 0.1) is 12.6 Å². The van der Waals surface area contributed by atoms with Gasteiger partial charge in [-0.3, -0.25) is 0 Å². The molecule has 0 unspecified atom stereocenters. The summed E-state index contributed by atoms with van der Waals surface area (Å²) in [6.45, 7) is 3.34. The number of nitrogens with two attached hydrogens (primary N) is 1. The summed E-state index contributed by atoms with van der Waals surface area (Å²) < 4.78 is 0. The maximum Gasteiger partial charge on any atom is 0.115 e. The zero-order chi connectivity index (χ0) is 15.1. The summed E-state index contributed by atoms with van der Waals surface area (Å²) in [6, 6.07) is 16.2. The van der Waals surface area contributed by atoms with Crippen LogP contribution in [0.2, 0.25) is 5.02 Å². The summed E-state index contributed by atoms with van der Waals surface area (Å²) in [4.78, 5) is 0. The van der Waals surface area contributed by atoms with Gasteiger partial charge in [-0.1, -0.05) is 35.9 Å². The summed E-state index contributed by atoms with van der Waals surface area (Å²) in [5.41, 5.74) is 2.58. The lowest BCUT2D eigenvalue weighted by Gasteiger charge is -2.11. The zero-order valence-electron chi connectivity index (χ0n) is 12.4. The molecule has 3 N–H and O–H groups in total. The van der Waals surface area contributed by atoms with Crippen molar-refractivity contribution in [3.05, 3.63) is 64.7 Å². The number of hydrogen-bond donors (Lipinski definition) is 2. The predicted octanol–water partition coefficient (Wildman–Crippen LogP) is 3.17. The molecule has 1 atom stereocenters. The van der Waals surface area contributed by atoms with Gasteiger partial charge in [-0.05, 0) is 48.7 Å². The highest BCUT2D eigenvalue weighted by atomic mass is 35.5. The topological polar surface area (TPSA) is 36.8 Å². The number of halogens is 1. The van der Waals surface area contributed by atoms with E-state index in [9.17, 15) is 5.11 Å². The maximum atomic E-state index is 9.26. The van der Waals surface area contributed by atoms with Gasteiger partial charge >= 0.3 is 0 Å². The minimum absolute atomic E-state index is 0.333. The summed E-state index contributed by atoms with van der Waals surface area (Å²) in [6.07, 6.45) is 3.24. The number of aryl methyl sites for hydroxylation is 1. The average molecular weight is 305 g/mol. The first-order valence-electron chi connectivity index (χ1n) is 7.49. The highest BCUT2D eigenvalue weighted by Gasteiger charge is 2.06. The Morgan fingerprint density at radius 2 is 1.81 bits per heavy atom. The van der Waals surface area contributed by atoms with Gasteiger partial charge in [0.25, 0.3) is 0 Å². The number of benzene rings is 2. The van der Waals surface area contributed by atoms with Gasteiger partial charge in [0.1, 0.15) is 5.75 Å². The number of phenols is 1. The third-order valence-electron chi connectivity index (χ3n) is 3.72. The van der Waals surface area contributed by atoms with Gasteiger partial charge in [0.2, 0.25) is 0 Å². The standard InChI is InChI=1S/C18H22ClNO/c1-14(5-6-15-7-9-18(21)10-8-15)20-12-11-16-3-2-4-17(19)13-16/h2-4,7-10,13-14,20-21H,5-6,11-12H2,1H3/p+1/t14-/m0/s1. The third kappa shape index (κ3) is 5.78. The van der Waals surface area contributed by atoms with Crippen molar-refractivity contribution in [1.82, 2.24) is 0 Å². The lowest BCUT2D eigenvalue weighted by Crippen LogP contribution is -2.89. The molecule has 3 heteroatoms. The Balaban J connectivity index is 1.67. The van der Waals surface area contributed by atoms with E-state index in [0.717, 1.165) is 30.8 Å². The molecule has 0 aliphatic rings. The summed E-state index contributed by atoms with van der Waals surface area (Å²) in [7, 11) is 0. The molecule has 0 spiro atoms. The van der Waals surface area contributed by atoms with E-state index in [1.165, 1.54) is 11.1 Å². The molecule has 0 fully saturated rings. The van der Waals surface area contributed by atoms with E-state index in [-0.39, 0.29) is 0 Å². The second-order valence-corrected chi connectivity index (χ2v) is 6.02.